The fraction of sp³-hybridized carbons (Fsp3) is 0.364. The number of aryl methyl sites for hydroxylation is 1. The van der Waals surface area contributed by atoms with E-state index >= 15 is 0 Å². The number of carboxylic acid groups (broad SMARTS) is 1. The number of benzene rings is 1. The van der Waals surface area contributed by atoms with E-state index in [1.807, 2.05) is 19.2 Å². The molecule has 0 saturated heterocycles. The summed E-state index contributed by atoms with van der Waals surface area (Å²) >= 11 is 0. The summed E-state index contributed by atoms with van der Waals surface area (Å²) in [5.74, 6) is -1.05. The van der Waals surface area contributed by atoms with Crippen LogP contribution in [0.4, 0.5) is 10.5 Å². The van der Waals surface area contributed by atoms with Crippen LogP contribution in [0.3, 0.4) is 0 Å². The molecule has 164 valence electrons. The molecule has 1 aliphatic heterocycles. The Morgan fingerprint density at radius 3 is 2.71 bits per heavy atom. The van der Waals surface area contributed by atoms with Gasteiger partial charge in [-0.2, -0.15) is 0 Å². The molecule has 2 aromatic heterocycles. The lowest BCUT2D eigenvalue weighted by atomic mass is 10.0. The van der Waals surface area contributed by atoms with Gasteiger partial charge in [0.15, 0.2) is 5.75 Å². The molecule has 3 aromatic rings. The average molecular weight is 426 g/mol. The van der Waals surface area contributed by atoms with E-state index < -0.39 is 23.2 Å². The van der Waals surface area contributed by atoms with Gasteiger partial charge in [0.25, 0.3) is 5.56 Å². The Morgan fingerprint density at radius 2 is 2.03 bits per heavy atom. The fourth-order valence-electron chi connectivity index (χ4n) is 3.91. The molecule has 0 fully saturated rings. The topological polar surface area (TPSA) is 129 Å². The molecule has 1 aromatic carbocycles. The first kappa shape index (κ1) is 20.8. The summed E-state index contributed by atoms with van der Waals surface area (Å²) in [7, 11) is 2.02. The molecular weight excluding hydrogens is 400 g/mol. The number of nitrogens with one attached hydrogen (secondary N) is 3. The quantitative estimate of drug-likeness (QED) is 0.407. The number of aromatic amines is 1. The number of rotatable bonds is 3. The maximum absolute atomic E-state index is 12.4. The highest BCUT2D eigenvalue weighted by atomic mass is 16.7. The van der Waals surface area contributed by atoms with E-state index in [0.717, 1.165) is 27.8 Å². The van der Waals surface area contributed by atoms with Gasteiger partial charge in [0.05, 0.1) is 11.2 Å². The minimum absolute atomic E-state index is 0.0130. The van der Waals surface area contributed by atoms with E-state index in [1.165, 1.54) is 0 Å². The molecule has 31 heavy (non-hydrogen) atoms. The molecular formula is C22H26N4O5. The van der Waals surface area contributed by atoms with E-state index in [0.29, 0.717) is 30.8 Å². The fourth-order valence-corrected chi connectivity index (χ4v) is 3.91. The number of aromatic nitrogens is 2. The molecule has 1 aliphatic rings. The van der Waals surface area contributed by atoms with Gasteiger partial charge in [-0.05, 0) is 45.4 Å². The number of anilines is 1. The number of carbonyl (C=O) groups is 1. The third-order valence-electron chi connectivity index (χ3n) is 5.48. The Kier molecular flexibility index (Phi) is 4.93. The van der Waals surface area contributed by atoms with Crippen molar-refractivity contribution in [3.05, 3.63) is 39.8 Å². The van der Waals surface area contributed by atoms with Crippen LogP contribution in [0.2, 0.25) is 0 Å². The second kappa shape index (κ2) is 7.35. The molecule has 0 atom stereocenters. The molecule has 0 aliphatic carbocycles. The summed E-state index contributed by atoms with van der Waals surface area (Å²) < 4.78 is 6.64. The van der Waals surface area contributed by atoms with E-state index in [1.54, 1.807) is 0 Å². The van der Waals surface area contributed by atoms with Crippen molar-refractivity contribution in [1.29, 1.82) is 0 Å². The van der Waals surface area contributed by atoms with Crippen molar-refractivity contribution in [3.63, 3.8) is 0 Å². The van der Waals surface area contributed by atoms with Gasteiger partial charge in [-0.15, -0.1) is 0 Å². The van der Waals surface area contributed by atoms with Gasteiger partial charge in [0.1, 0.15) is 0 Å². The molecule has 5 N–H and O–H groups in total. The SMILES string of the molecule is Cn1c(CNC(C)(C)C)cc2cc3c(cc21)NCCc1c-3[nH]c(=O)c(OC(=O)O)c1O. The van der Waals surface area contributed by atoms with Gasteiger partial charge >= 0.3 is 6.16 Å². The van der Waals surface area contributed by atoms with Gasteiger partial charge in [-0.1, -0.05) is 0 Å². The first-order chi connectivity index (χ1) is 14.5. The largest absolute Gasteiger partial charge is 0.511 e. The number of aromatic hydroxyl groups is 1. The monoisotopic (exact) mass is 426 g/mol. The highest BCUT2D eigenvalue weighted by Gasteiger charge is 2.25. The summed E-state index contributed by atoms with van der Waals surface area (Å²) in [6.45, 7) is 7.55. The third-order valence-corrected chi connectivity index (χ3v) is 5.48. The number of ether oxygens (including phenoxy) is 1. The van der Waals surface area contributed by atoms with E-state index in [9.17, 15) is 14.7 Å². The number of H-pyrrole nitrogens is 1. The van der Waals surface area contributed by atoms with Crippen molar-refractivity contribution in [2.45, 2.75) is 39.3 Å². The lowest BCUT2D eigenvalue weighted by molar-refractivity contribution is 0.142. The Morgan fingerprint density at radius 1 is 1.29 bits per heavy atom. The van der Waals surface area contributed by atoms with Crippen LogP contribution in [0.15, 0.2) is 23.0 Å². The number of pyridine rings is 1. The number of hydrogen-bond donors (Lipinski definition) is 5. The van der Waals surface area contributed by atoms with Crippen molar-refractivity contribution in [2.75, 3.05) is 11.9 Å². The molecule has 0 amide bonds. The number of nitrogens with zero attached hydrogens (tertiary/aromatic N) is 1. The second-order valence-corrected chi connectivity index (χ2v) is 8.79. The third kappa shape index (κ3) is 3.84. The molecule has 4 rings (SSSR count). The molecule has 9 heteroatoms. The first-order valence-electron chi connectivity index (χ1n) is 10.1. The van der Waals surface area contributed by atoms with Gasteiger partial charge in [0.2, 0.25) is 5.75 Å². The standard InChI is InChI=1S/C22H26N4O5/c1-22(2,3)24-10-12-7-11-8-14-15(9-16(11)26(12)4)23-6-5-13-17(14)25-20(28)19(18(13)27)31-21(29)30/h7-9,23-24H,5-6,10H2,1-4H3,(H,29,30)(H2,25,27,28). The average Bonchev–Trinajstić information content (AvgIpc) is 2.87. The lowest BCUT2D eigenvalue weighted by Gasteiger charge is -2.20. The van der Waals surface area contributed by atoms with Crippen molar-refractivity contribution in [3.8, 4) is 22.8 Å². The van der Waals surface area contributed by atoms with Gasteiger partial charge in [-0.3, -0.25) is 4.79 Å². The molecule has 0 unspecified atom stereocenters. The van der Waals surface area contributed by atoms with Crippen LogP contribution in [0.1, 0.15) is 32.0 Å². The van der Waals surface area contributed by atoms with Crippen LogP contribution >= 0.6 is 0 Å². The highest BCUT2D eigenvalue weighted by molar-refractivity contribution is 5.94. The van der Waals surface area contributed by atoms with Crippen LogP contribution < -0.4 is 20.9 Å². The smallest absolute Gasteiger partial charge is 0.504 e. The van der Waals surface area contributed by atoms with E-state index in [4.69, 9.17) is 5.11 Å². The first-order valence-corrected chi connectivity index (χ1v) is 10.1. The molecule has 0 radical (unpaired) electrons. The van der Waals surface area contributed by atoms with Crippen molar-refractivity contribution >= 4 is 22.7 Å². The number of hydrogen-bond acceptors (Lipinski definition) is 6. The summed E-state index contributed by atoms with van der Waals surface area (Å²) in [6, 6.07) is 6.09. The predicted octanol–water partition coefficient (Wildman–Crippen LogP) is 3.15. The normalized spacial score (nSPS) is 13.3. The Hall–Kier alpha value is -3.46. The van der Waals surface area contributed by atoms with Crippen LogP contribution in [0.25, 0.3) is 22.2 Å². The zero-order valence-corrected chi connectivity index (χ0v) is 17.9. The van der Waals surface area contributed by atoms with Crippen LogP contribution in [-0.4, -0.2) is 38.0 Å². The Labute approximate surface area is 178 Å². The van der Waals surface area contributed by atoms with Crippen molar-refractivity contribution in [2.24, 2.45) is 7.05 Å². The summed E-state index contributed by atoms with van der Waals surface area (Å²) in [5, 5.41) is 27.3. The predicted molar refractivity (Wildman–Crippen MR) is 118 cm³/mol. The maximum Gasteiger partial charge on any atom is 0.511 e. The van der Waals surface area contributed by atoms with Gasteiger partial charge in [0, 0.05) is 53.6 Å². The molecule has 0 spiro atoms. The van der Waals surface area contributed by atoms with Crippen LogP contribution in [-0.2, 0) is 20.0 Å². The van der Waals surface area contributed by atoms with Gasteiger partial charge in [-0.25, -0.2) is 4.79 Å². The summed E-state index contributed by atoms with van der Waals surface area (Å²) in [5.41, 5.74) is 3.80. The van der Waals surface area contributed by atoms with E-state index in [2.05, 4.69) is 51.8 Å². The molecule has 3 heterocycles. The van der Waals surface area contributed by atoms with Crippen molar-refractivity contribution in [1.82, 2.24) is 14.9 Å². The minimum atomic E-state index is -1.66. The van der Waals surface area contributed by atoms with Gasteiger partial charge < -0.3 is 35.1 Å². The lowest BCUT2D eigenvalue weighted by Crippen LogP contribution is -2.35. The highest BCUT2D eigenvalue weighted by Crippen LogP contribution is 2.40. The molecule has 9 nitrogen and oxygen atoms in total. The van der Waals surface area contributed by atoms with E-state index in [-0.39, 0.29) is 5.54 Å². The second-order valence-electron chi connectivity index (χ2n) is 8.79. The number of fused-ring (bicyclic) bond motifs is 4. The molecule has 0 saturated carbocycles. The van der Waals surface area contributed by atoms with Crippen LogP contribution in [0, 0.1) is 0 Å². The zero-order valence-electron chi connectivity index (χ0n) is 17.9. The van der Waals surface area contributed by atoms with Crippen molar-refractivity contribution < 1.29 is 19.7 Å². The molecule has 0 bridgehead atoms. The summed E-state index contributed by atoms with van der Waals surface area (Å²) in [4.78, 5) is 26.0. The summed E-state index contributed by atoms with van der Waals surface area (Å²) in [6.07, 6.45) is -1.27. The zero-order chi connectivity index (χ0) is 22.5. The Bertz CT molecular complexity index is 1250. The minimum Gasteiger partial charge on any atom is -0.504 e. The Balaban J connectivity index is 1.86. The van der Waals surface area contributed by atoms with Crippen LogP contribution in [0.5, 0.6) is 11.5 Å². The maximum atomic E-state index is 12.4.